The average molecular weight is 377 g/mol. The number of carbonyl (C=O) groups excluding carboxylic acids is 3. The van der Waals surface area contributed by atoms with Gasteiger partial charge in [0.1, 0.15) is 5.69 Å². The van der Waals surface area contributed by atoms with Gasteiger partial charge in [0.25, 0.3) is 23.4 Å². The van der Waals surface area contributed by atoms with Crippen LogP contribution in [0.25, 0.3) is 5.78 Å². The molecule has 0 spiro atoms. The fourth-order valence-electron chi connectivity index (χ4n) is 2.40. The maximum atomic E-state index is 12.7. The highest BCUT2D eigenvalue weighted by atomic mass is 19.4. The van der Waals surface area contributed by atoms with Crippen molar-refractivity contribution in [2.75, 3.05) is 0 Å². The number of benzene rings is 1. The third kappa shape index (κ3) is 2.67. The quantitative estimate of drug-likeness (QED) is 0.623. The first-order chi connectivity index (χ1) is 12.8. The van der Waals surface area contributed by atoms with Crippen LogP contribution in [0, 0.1) is 0 Å². The number of fused-ring (bicyclic) bond motifs is 2. The summed E-state index contributed by atoms with van der Waals surface area (Å²) < 4.78 is 38.9. The van der Waals surface area contributed by atoms with Gasteiger partial charge in [-0.25, -0.2) is 14.3 Å². The Labute approximate surface area is 146 Å². The Morgan fingerprint density at radius 1 is 1.00 bits per heavy atom. The lowest BCUT2D eigenvalue weighted by molar-refractivity contribution is -0.141. The molecule has 2 amide bonds. The summed E-state index contributed by atoms with van der Waals surface area (Å²) in [6.45, 7) is 0. The summed E-state index contributed by atoms with van der Waals surface area (Å²) in [4.78, 5) is 48.0. The maximum absolute atomic E-state index is 12.7. The van der Waals surface area contributed by atoms with Crippen LogP contribution in [0.2, 0.25) is 0 Å². The van der Waals surface area contributed by atoms with E-state index < -0.39 is 41.3 Å². The van der Waals surface area contributed by atoms with Crippen LogP contribution in [-0.4, -0.2) is 42.4 Å². The number of hydrogen-bond donors (Lipinski definition) is 0. The zero-order valence-electron chi connectivity index (χ0n) is 13.0. The molecular formula is C15H6F3N5O4. The Morgan fingerprint density at radius 2 is 1.63 bits per heavy atom. The lowest BCUT2D eigenvalue weighted by Gasteiger charge is -2.10. The molecule has 12 heteroatoms. The maximum Gasteiger partial charge on any atom is 0.433 e. The molecule has 0 fully saturated rings. The van der Waals surface area contributed by atoms with Gasteiger partial charge in [0.15, 0.2) is 0 Å². The van der Waals surface area contributed by atoms with Gasteiger partial charge in [0.2, 0.25) is 0 Å². The van der Waals surface area contributed by atoms with Gasteiger partial charge in [-0.15, -0.1) is 5.10 Å². The minimum Gasteiger partial charge on any atom is -0.321 e. The van der Waals surface area contributed by atoms with Gasteiger partial charge in [-0.2, -0.15) is 18.2 Å². The Balaban J connectivity index is 1.61. The van der Waals surface area contributed by atoms with E-state index in [0.717, 1.165) is 10.7 Å². The lowest BCUT2D eigenvalue weighted by atomic mass is 10.1. The molecule has 4 rings (SSSR count). The van der Waals surface area contributed by atoms with Gasteiger partial charge >= 0.3 is 12.1 Å². The highest BCUT2D eigenvalue weighted by Crippen LogP contribution is 2.27. The minimum absolute atomic E-state index is 0.0507. The number of nitrogens with zero attached hydrogens (tertiary/aromatic N) is 5. The Morgan fingerprint density at radius 3 is 2.22 bits per heavy atom. The van der Waals surface area contributed by atoms with Crippen LogP contribution in [0.1, 0.15) is 37.0 Å². The van der Waals surface area contributed by atoms with E-state index in [-0.39, 0.29) is 16.2 Å². The molecule has 1 aliphatic rings. The molecule has 136 valence electrons. The molecule has 1 aliphatic heterocycles. The summed E-state index contributed by atoms with van der Waals surface area (Å²) in [5.41, 5.74) is -1.12. The van der Waals surface area contributed by atoms with Gasteiger partial charge in [-0.1, -0.05) is 17.2 Å². The summed E-state index contributed by atoms with van der Waals surface area (Å²) in [7, 11) is 0. The van der Waals surface area contributed by atoms with Crippen molar-refractivity contribution in [3.63, 3.8) is 0 Å². The molecular weight excluding hydrogens is 371 g/mol. The van der Waals surface area contributed by atoms with Crippen LogP contribution in [0.15, 0.2) is 36.5 Å². The SMILES string of the molecule is O=C(ON1C(=O)c2ccccc2C1=O)c1nc2nc(C(F)(F)F)ccn2n1. The Kier molecular flexibility index (Phi) is 3.44. The van der Waals surface area contributed by atoms with E-state index in [9.17, 15) is 27.6 Å². The van der Waals surface area contributed by atoms with Gasteiger partial charge in [0, 0.05) is 6.20 Å². The molecule has 0 unspecified atom stereocenters. The molecule has 9 nitrogen and oxygen atoms in total. The van der Waals surface area contributed by atoms with E-state index in [1.54, 1.807) is 0 Å². The van der Waals surface area contributed by atoms with Crippen LogP contribution in [0.5, 0.6) is 0 Å². The van der Waals surface area contributed by atoms with Crippen molar-refractivity contribution < 1.29 is 32.4 Å². The van der Waals surface area contributed by atoms with Gasteiger partial charge < -0.3 is 4.84 Å². The number of alkyl halides is 3. The summed E-state index contributed by atoms with van der Waals surface area (Å²) in [5.74, 6) is -4.18. The third-order valence-corrected chi connectivity index (χ3v) is 3.61. The van der Waals surface area contributed by atoms with Gasteiger partial charge in [-0.05, 0) is 18.2 Å². The van der Waals surface area contributed by atoms with Crippen molar-refractivity contribution in [2.45, 2.75) is 6.18 Å². The molecule has 2 aromatic heterocycles. The second kappa shape index (κ2) is 5.59. The fraction of sp³-hybridized carbons (Fsp3) is 0.0667. The van der Waals surface area contributed by atoms with Crippen molar-refractivity contribution in [1.82, 2.24) is 24.6 Å². The zero-order valence-corrected chi connectivity index (χ0v) is 13.0. The number of imide groups is 1. The van der Waals surface area contributed by atoms with Crippen molar-refractivity contribution in [2.24, 2.45) is 0 Å². The van der Waals surface area contributed by atoms with Crippen LogP contribution in [-0.2, 0) is 11.0 Å². The number of amides is 2. The van der Waals surface area contributed by atoms with Crippen molar-refractivity contribution in [3.8, 4) is 0 Å². The smallest absolute Gasteiger partial charge is 0.321 e. The van der Waals surface area contributed by atoms with E-state index in [4.69, 9.17) is 4.84 Å². The van der Waals surface area contributed by atoms with E-state index in [2.05, 4.69) is 15.1 Å². The average Bonchev–Trinajstić information content (AvgIpc) is 3.16. The number of halogens is 3. The number of rotatable bonds is 2. The largest absolute Gasteiger partial charge is 0.433 e. The van der Waals surface area contributed by atoms with Crippen LogP contribution in [0.3, 0.4) is 0 Å². The second-order valence-electron chi connectivity index (χ2n) is 5.32. The molecule has 3 heterocycles. The van der Waals surface area contributed by atoms with Crippen LogP contribution >= 0.6 is 0 Å². The van der Waals surface area contributed by atoms with E-state index in [0.29, 0.717) is 6.07 Å². The standard InChI is InChI=1S/C15H6F3N5O4/c16-15(17,18)9-5-6-22-14(19-9)20-10(21-22)13(26)27-23-11(24)7-3-1-2-4-8(7)12(23)25/h1-6H. The molecule has 0 N–H and O–H groups in total. The number of hydroxylamine groups is 2. The zero-order chi connectivity index (χ0) is 19.3. The first kappa shape index (κ1) is 16.6. The number of carbonyl (C=O) groups is 3. The molecule has 27 heavy (non-hydrogen) atoms. The summed E-state index contributed by atoms with van der Waals surface area (Å²) in [5, 5.41) is 3.87. The first-order valence-electron chi connectivity index (χ1n) is 7.26. The first-order valence-corrected chi connectivity index (χ1v) is 7.26. The monoisotopic (exact) mass is 377 g/mol. The molecule has 3 aromatic rings. The number of aromatic nitrogens is 4. The number of hydrogen-bond acceptors (Lipinski definition) is 7. The van der Waals surface area contributed by atoms with Gasteiger partial charge in [-0.3, -0.25) is 9.59 Å². The topological polar surface area (TPSA) is 107 Å². The predicted molar refractivity (Wildman–Crippen MR) is 78.1 cm³/mol. The molecule has 0 saturated carbocycles. The van der Waals surface area contributed by atoms with Crippen molar-refractivity contribution in [3.05, 3.63) is 59.2 Å². The second-order valence-corrected chi connectivity index (χ2v) is 5.32. The highest BCUT2D eigenvalue weighted by molar-refractivity contribution is 6.21. The Bertz CT molecular complexity index is 1090. The van der Waals surface area contributed by atoms with E-state index in [1.165, 1.54) is 24.3 Å². The molecule has 0 bridgehead atoms. The normalized spacial score (nSPS) is 14.0. The fourth-order valence-corrected chi connectivity index (χ4v) is 2.40. The molecule has 0 atom stereocenters. The van der Waals surface area contributed by atoms with E-state index >= 15 is 0 Å². The van der Waals surface area contributed by atoms with Crippen LogP contribution < -0.4 is 0 Å². The summed E-state index contributed by atoms with van der Waals surface area (Å²) in [6, 6.07) is 6.48. The summed E-state index contributed by atoms with van der Waals surface area (Å²) >= 11 is 0. The van der Waals surface area contributed by atoms with Crippen molar-refractivity contribution >= 4 is 23.6 Å². The predicted octanol–water partition coefficient (Wildman–Crippen LogP) is 1.51. The lowest BCUT2D eigenvalue weighted by Crippen LogP contribution is -2.33. The third-order valence-electron chi connectivity index (χ3n) is 3.61. The van der Waals surface area contributed by atoms with Gasteiger partial charge in [0.05, 0.1) is 11.1 Å². The minimum atomic E-state index is -4.70. The van der Waals surface area contributed by atoms with Crippen LogP contribution in [0.4, 0.5) is 13.2 Å². The molecule has 0 saturated heterocycles. The molecule has 0 aliphatic carbocycles. The van der Waals surface area contributed by atoms with Crippen molar-refractivity contribution in [1.29, 1.82) is 0 Å². The summed E-state index contributed by atoms with van der Waals surface area (Å²) in [6.07, 6.45) is -3.79. The Hall–Kier alpha value is -3.83. The van der Waals surface area contributed by atoms with E-state index in [1.807, 2.05) is 0 Å². The molecule has 0 radical (unpaired) electrons. The molecule has 1 aromatic carbocycles. The highest BCUT2D eigenvalue weighted by Gasteiger charge is 2.39.